The van der Waals surface area contributed by atoms with Crippen LogP contribution >= 0.6 is 0 Å². The lowest BCUT2D eigenvalue weighted by Crippen LogP contribution is -2.08. The van der Waals surface area contributed by atoms with Crippen LogP contribution in [0.15, 0.2) is 52.9 Å². The molecular weight excluding hydrogens is 316 g/mol. The van der Waals surface area contributed by atoms with Crippen LogP contribution in [-0.4, -0.2) is 13.1 Å². The SMILES string of the molecule is CCc1cc(-c2ccc(OC(=O)c3c[c]c(OC)cc3)cc2)oc1C. The minimum Gasteiger partial charge on any atom is -0.496 e. The second-order valence-electron chi connectivity index (χ2n) is 5.61. The van der Waals surface area contributed by atoms with Crippen molar-refractivity contribution >= 4 is 5.97 Å². The van der Waals surface area contributed by atoms with E-state index in [2.05, 4.69) is 13.0 Å². The highest BCUT2D eigenvalue weighted by atomic mass is 16.5. The summed E-state index contributed by atoms with van der Waals surface area (Å²) in [6, 6.07) is 17.0. The summed E-state index contributed by atoms with van der Waals surface area (Å²) in [6.45, 7) is 4.06. The van der Waals surface area contributed by atoms with E-state index >= 15 is 0 Å². The molecule has 1 heterocycles. The number of methoxy groups -OCH3 is 1. The smallest absolute Gasteiger partial charge is 0.343 e. The molecule has 1 aromatic heterocycles. The Hall–Kier alpha value is -3.01. The fourth-order valence-corrected chi connectivity index (χ4v) is 2.53. The molecule has 0 amide bonds. The normalized spacial score (nSPS) is 10.5. The van der Waals surface area contributed by atoms with Gasteiger partial charge >= 0.3 is 5.97 Å². The Morgan fingerprint density at radius 1 is 1.16 bits per heavy atom. The second kappa shape index (κ2) is 7.26. The maximum Gasteiger partial charge on any atom is 0.343 e. The molecule has 0 atom stereocenters. The molecule has 4 heteroatoms. The Morgan fingerprint density at radius 3 is 2.48 bits per heavy atom. The summed E-state index contributed by atoms with van der Waals surface area (Å²) >= 11 is 0. The number of benzene rings is 2. The fourth-order valence-electron chi connectivity index (χ4n) is 2.53. The van der Waals surface area contributed by atoms with E-state index in [9.17, 15) is 4.79 Å². The van der Waals surface area contributed by atoms with Gasteiger partial charge in [0.2, 0.25) is 0 Å². The van der Waals surface area contributed by atoms with Crippen molar-refractivity contribution in [1.29, 1.82) is 0 Å². The first-order valence-electron chi connectivity index (χ1n) is 8.08. The highest BCUT2D eigenvalue weighted by Gasteiger charge is 2.11. The summed E-state index contributed by atoms with van der Waals surface area (Å²) in [7, 11) is 1.55. The quantitative estimate of drug-likeness (QED) is 0.494. The van der Waals surface area contributed by atoms with E-state index in [1.165, 1.54) is 5.56 Å². The summed E-state index contributed by atoms with van der Waals surface area (Å²) in [6.07, 6.45) is 0.934. The highest BCUT2D eigenvalue weighted by Crippen LogP contribution is 2.27. The molecule has 2 aromatic carbocycles. The van der Waals surface area contributed by atoms with Crippen LogP contribution in [0.1, 0.15) is 28.6 Å². The molecule has 0 aliphatic rings. The molecule has 0 aliphatic carbocycles. The van der Waals surface area contributed by atoms with Crippen LogP contribution in [0.25, 0.3) is 11.3 Å². The average molecular weight is 335 g/mol. The summed E-state index contributed by atoms with van der Waals surface area (Å²) < 4.78 is 16.2. The van der Waals surface area contributed by atoms with E-state index in [1.807, 2.05) is 25.1 Å². The Labute approximate surface area is 147 Å². The van der Waals surface area contributed by atoms with Gasteiger partial charge in [-0.15, -0.1) is 0 Å². The third-order valence-electron chi connectivity index (χ3n) is 3.99. The summed E-state index contributed by atoms with van der Waals surface area (Å²) in [5, 5.41) is 0. The maximum absolute atomic E-state index is 12.2. The minimum atomic E-state index is -0.436. The molecule has 3 rings (SSSR count). The third kappa shape index (κ3) is 3.74. The minimum absolute atomic E-state index is 0.416. The average Bonchev–Trinajstić information content (AvgIpc) is 3.03. The topological polar surface area (TPSA) is 48.7 Å². The number of ether oxygens (including phenoxy) is 2. The van der Waals surface area contributed by atoms with Gasteiger partial charge in [0.1, 0.15) is 23.0 Å². The number of carbonyl (C=O) groups is 1. The van der Waals surface area contributed by atoms with E-state index in [1.54, 1.807) is 37.4 Å². The maximum atomic E-state index is 12.2. The predicted octanol–water partition coefficient (Wildman–Crippen LogP) is 4.85. The first-order chi connectivity index (χ1) is 12.1. The van der Waals surface area contributed by atoms with E-state index in [0.717, 1.165) is 23.5 Å². The van der Waals surface area contributed by atoms with Gasteiger partial charge in [-0.2, -0.15) is 0 Å². The Kier molecular flexibility index (Phi) is 4.89. The zero-order valence-corrected chi connectivity index (χ0v) is 14.5. The summed E-state index contributed by atoms with van der Waals surface area (Å²) in [5.74, 6) is 2.36. The Morgan fingerprint density at radius 2 is 1.92 bits per heavy atom. The first kappa shape index (κ1) is 16.8. The van der Waals surface area contributed by atoms with Crippen LogP contribution < -0.4 is 9.47 Å². The molecule has 3 aromatic rings. The molecule has 25 heavy (non-hydrogen) atoms. The van der Waals surface area contributed by atoms with E-state index in [4.69, 9.17) is 13.9 Å². The predicted molar refractivity (Wildman–Crippen MR) is 95.0 cm³/mol. The fraction of sp³-hybridized carbons (Fsp3) is 0.190. The molecule has 1 radical (unpaired) electrons. The third-order valence-corrected chi connectivity index (χ3v) is 3.99. The number of hydrogen-bond donors (Lipinski definition) is 0. The van der Waals surface area contributed by atoms with E-state index in [-0.39, 0.29) is 0 Å². The van der Waals surface area contributed by atoms with Crippen molar-refractivity contribution in [2.45, 2.75) is 20.3 Å². The standard InChI is InChI=1S/C21H19O4/c1-4-15-13-20(24-14(15)2)16-5-11-19(12-6-16)25-21(22)17-7-9-18(23-3)10-8-17/h5-9,11-13H,4H2,1-3H3. The van der Waals surface area contributed by atoms with Gasteiger partial charge in [0, 0.05) is 11.6 Å². The van der Waals surface area contributed by atoms with Gasteiger partial charge in [-0.05, 0) is 67.4 Å². The molecule has 0 spiro atoms. The van der Waals surface area contributed by atoms with Crippen LogP contribution in [-0.2, 0) is 6.42 Å². The van der Waals surface area contributed by atoms with Gasteiger partial charge in [-0.3, -0.25) is 0 Å². The van der Waals surface area contributed by atoms with Crippen molar-refractivity contribution < 1.29 is 18.7 Å². The lowest BCUT2D eigenvalue weighted by molar-refractivity contribution is 0.0734. The van der Waals surface area contributed by atoms with Crippen LogP contribution in [0, 0.1) is 13.0 Å². The van der Waals surface area contributed by atoms with Crippen LogP contribution in [0.4, 0.5) is 0 Å². The van der Waals surface area contributed by atoms with Crippen molar-refractivity contribution in [3.8, 4) is 22.8 Å². The number of hydrogen-bond acceptors (Lipinski definition) is 4. The first-order valence-corrected chi connectivity index (χ1v) is 8.08. The molecule has 0 unspecified atom stereocenters. The number of aryl methyl sites for hydroxylation is 2. The number of carbonyl (C=O) groups excluding carboxylic acids is 1. The largest absolute Gasteiger partial charge is 0.496 e. The molecule has 0 saturated carbocycles. The van der Waals surface area contributed by atoms with Gasteiger partial charge in [0.15, 0.2) is 0 Å². The highest BCUT2D eigenvalue weighted by molar-refractivity contribution is 5.91. The van der Waals surface area contributed by atoms with Crippen LogP contribution in [0.2, 0.25) is 0 Å². The zero-order chi connectivity index (χ0) is 17.8. The molecule has 0 saturated heterocycles. The number of furan rings is 1. The monoisotopic (exact) mass is 335 g/mol. The molecule has 0 aliphatic heterocycles. The Bertz CT molecular complexity index is 858. The Balaban J connectivity index is 1.72. The number of esters is 1. The second-order valence-corrected chi connectivity index (χ2v) is 5.61. The molecule has 0 fully saturated rings. The number of rotatable bonds is 5. The zero-order valence-electron chi connectivity index (χ0n) is 14.5. The van der Waals surface area contributed by atoms with Crippen molar-refractivity contribution in [3.63, 3.8) is 0 Å². The molecule has 4 nitrogen and oxygen atoms in total. The van der Waals surface area contributed by atoms with Gasteiger partial charge in [0.05, 0.1) is 12.7 Å². The van der Waals surface area contributed by atoms with E-state index < -0.39 is 5.97 Å². The summed E-state index contributed by atoms with van der Waals surface area (Å²) in [4.78, 5) is 12.2. The molecule has 0 N–H and O–H groups in total. The van der Waals surface area contributed by atoms with Gasteiger partial charge in [-0.25, -0.2) is 4.79 Å². The van der Waals surface area contributed by atoms with Crippen LogP contribution in [0.5, 0.6) is 11.5 Å². The molecule has 127 valence electrons. The lowest BCUT2D eigenvalue weighted by atomic mass is 10.1. The van der Waals surface area contributed by atoms with Crippen molar-refractivity contribution in [2.75, 3.05) is 7.11 Å². The van der Waals surface area contributed by atoms with Crippen molar-refractivity contribution in [3.05, 3.63) is 71.5 Å². The van der Waals surface area contributed by atoms with Crippen molar-refractivity contribution in [2.24, 2.45) is 0 Å². The van der Waals surface area contributed by atoms with Crippen molar-refractivity contribution in [1.82, 2.24) is 0 Å². The summed E-state index contributed by atoms with van der Waals surface area (Å²) in [5.41, 5.74) is 2.56. The van der Waals surface area contributed by atoms with Gasteiger partial charge in [-0.1, -0.05) is 6.92 Å². The van der Waals surface area contributed by atoms with Gasteiger partial charge in [0.25, 0.3) is 0 Å². The van der Waals surface area contributed by atoms with E-state index in [0.29, 0.717) is 17.1 Å². The molecule has 0 bridgehead atoms. The van der Waals surface area contributed by atoms with Crippen LogP contribution in [0.3, 0.4) is 0 Å². The molecular formula is C21H19O4. The lowest BCUT2D eigenvalue weighted by Gasteiger charge is -2.05. The van der Waals surface area contributed by atoms with Gasteiger partial charge < -0.3 is 13.9 Å².